The lowest BCUT2D eigenvalue weighted by Gasteiger charge is -2.44. The largest absolute Gasteiger partial charge is 0.376 e. The van der Waals surface area contributed by atoms with Crippen molar-refractivity contribution in [2.75, 3.05) is 26.3 Å². The molecule has 0 radical (unpaired) electrons. The van der Waals surface area contributed by atoms with Crippen LogP contribution < -0.4 is 0 Å². The molecule has 1 saturated carbocycles. The Morgan fingerprint density at radius 1 is 1.32 bits per heavy atom. The summed E-state index contributed by atoms with van der Waals surface area (Å²) in [5.41, 5.74) is 1.14. The van der Waals surface area contributed by atoms with E-state index in [9.17, 15) is 0 Å². The number of rotatable bonds is 6. The predicted molar refractivity (Wildman–Crippen MR) is 97.3 cm³/mol. The van der Waals surface area contributed by atoms with Crippen LogP contribution in [0.5, 0.6) is 0 Å². The van der Waals surface area contributed by atoms with Gasteiger partial charge in [0.1, 0.15) is 5.01 Å². The molecule has 6 heteroatoms. The first-order valence-corrected chi connectivity index (χ1v) is 9.93. The number of hydrogen-bond acceptors (Lipinski definition) is 6. The van der Waals surface area contributed by atoms with Crippen LogP contribution in [0.3, 0.4) is 0 Å². The first kappa shape index (κ1) is 17.1. The molecular weight excluding hydrogens is 334 g/mol. The van der Waals surface area contributed by atoms with Crippen molar-refractivity contribution in [3.63, 3.8) is 0 Å². The predicted octanol–water partition coefficient (Wildman–Crippen LogP) is 3.13. The smallest absolute Gasteiger partial charge is 0.107 e. The summed E-state index contributed by atoms with van der Waals surface area (Å²) in [6.45, 7) is 5.16. The number of pyridine rings is 1. The maximum Gasteiger partial charge on any atom is 0.107 e. The van der Waals surface area contributed by atoms with Crippen LogP contribution in [0.1, 0.15) is 29.8 Å². The Bertz CT molecular complexity index is 652. The Hall–Kier alpha value is -1.34. The summed E-state index contributed by atoms with van der Waals surface area (Å²) in [6.07, 6.45) is 9.09. The summed E-state index contributed by atoms with van der Waals surface area (Å²) in [4.78, 5) is 11.0. The molecule has 0 bridgehead atoms. The number of morpholine rings is 1. The van der Waals surface area contributed by atoms with Crippen LogP contribution in [0, 0.1) is 5.92 Å². The molecule has 25 heavy (non-hydrogen) atoms. The Labute approximate surface area is 153 Å². The van der Waals surface area contributed by atoms with Crippen LogP contribution in [0.4, 0.5) is 0 Å². The molecule has 1 saturated heterocycles. The number of nitrogens with zero attached hydrogens (tertiary/aromatic N) is 3. The van der Waals surface area contributed by atoms with E-state index in [0.29, 0.717) is 12.5 Å². The summed E-state index contributed by atoms with van der Waals surface area (Å²) in [5, 5.41) is 3.25. The maximum atomic E-state index is 6.34. The quantitative estimate of drug-likeness (QED) is 0.793. The van der Waals surface area contributed by atoms with Crippen LogP contribution in [0.2, 0.25) is 0 Å². The van der Waals surface area contributed by atoms with Crippen molar-refractivity contribution in [3.8, 4) is 0 Å². The van der Waals surface area contributed by atoms with Crippen molar-refractivity contribution in [2.45, 2.75) is 38.0 Å². The fraction of sp³-hybridized carbons (Fsp3) is 0.579. The molecule has 0 N–H and O–H groups in total. The minimum absolute atomic E-state index is 0.0340. The van der Waals surface area contributed by atoms with Crippen molar-refractivity contribution < 1.29 is 9.47 Å². The molecular formula is C19H25N3O2S. The normalized spacial score (nSPS) is 27.1. The highest BCUT2D eigenvalue weighted by atomic mass is 32.1. The van der Waals surface area contributed by atoms with Gasteiger partial charge in [-0.3, -0.25) is 9.88 Å². The van der Waals surface area contributed by atoms with E-state index in [0.717, 1.165) is 39.3 Å². The second kappa shape index (κ2) is 7.91. The molecule has 1 spiro atoms. The van der Waals surface area contributed by atoms with Gasteiger partial charge in [-0.1, -0.05) is 6.42 Å². The molecule has 5 nitrogen and oxygen atoms in total. The Balaban J connectivity index is 1.34. The van der Waals surface area contributed by atoms with Crippen LogP contribution in [0.15, 0.2) is 36.1 Å². The average Bonchev–Trinajstić information content (AvgIpc) is 3.27. The highest BCUT2D eigenvalue weighted by Crippen LogP contribution is 2.41. The monoisotopic (exact) mass is 359 g/mol. The molecule has 2 aliphatic rings. The molecule has 1 aliphatic heterocycles. The van der Waals surface area contributed by atoms with E-state index in [4.69, 9.17) is 9.47 Å². The zero-order chi connectivity index (χ0) is 17.0. The van der Waals surface area contributed by atoms with E-state index >= 15 is 0 Å². The number of aromatic nitrogens is 2. The highest BCUT2D eigenvalue weighted by Gasteiger charge is 2.46. The molecule has 2 atom stereocenters. The SMILES string of the molecule is c1cc(COC[C@@H]2CCC[C@@]23CN(Cc2nccs2)CCO3)ccn1. The van der Waals surface area contributed by atoms with E-state index in [-0.39, 0.29) is 5.60 Å². The van der Waals surface area contributed by atoms with Gasteiger partial charge < -0.3 is 9.47 Å². The second-order valence-electron chi connectivity index (χ2n) is 7.01. The van der Waals surface area contributed by atoms with Crippen molar-refractivity contribution in [1.29, 1.82) is 0 Å². The first-order valence-electron chi connectivity index (χ1n) is 9.05. The summed E-state index contributed by atoms with van der Waals surface area (Å²) >= 11 is 1.74. The molecule has 1 aliphatic carbocycles. The Kier molecular flexibility index (Phi) is 5.41. The van der Waals surface area contributed by atoms with Gasteiger partial charge in [-0.05, 0) is 30.5 Å². The van der Waals surface area contributed by atoms with Crippen LogP contribution in [0.25, 0.3) is 0 Å². The minimum Gasteiger partial charge on any atom is -0.376 e. The van der Waals surface area contributed by atoms with E-state index in [1.165, 1.54) is 23.4 Å². The topological polar surface area (TPSA) is 47.5 Å². The summed E-state index contributed by atoms with van der Waals surface area (Å²) in [6, 6.07) is 4.02. The average molecular weight is 359 g/mol. The van der Waals surface area contributed by atoms with Gasteiger partial charge in [0.2, 0.25) is 0 Å². The van der Waals surface area contributed by atoms with Gasteiger partial charge in [-0.15, -0.1) is 11.3 Å². The lowest BCUT2D eigenvalue weighted by molar-refractivity contribution is -0.144. The van der Waals surface area contributed by atoms with Crippen molar-refractivity contribution >= 4 is 11.3 Å². The second-order valence-corrected chi connectivity index (χ2v) is 7.99. The van der Waals surface area contributed by atoms with Crippen LogP contribution >= 0.6 is 11.3 Å². The third-order valence-corrected chi connectivity index (χ3v) is 6.13. The van der Waals surface area contributed by atoms with Gasteiger partial charge in [0.25, 0.3) is 0 Å². The number of ether oxygens (including phenoxy) is 2. The zero-order valence-corrected chi connectivity index (χ0v) is 15.3. The first-order chi connectivity index (χ1) is 12.3. The minimum atomic E-state index is -0.0340. The van der Waals surface area contributed by atoms with Crippen molar-refractivity contribution in [2.24, 2.45) is 5.92 Å². The van der Waals surface area contributed by atoms with Crippen molar-refractivity contribution in [1.82, 2.24) is 14.9 Å². The van der Waals surface area contributed by atoms with E-state index in [1.54, 1.807) is 11.3 Å². The third-order valence-electron chi connectivity index (χ3n) is 5.36. The molecule has 0 aromatic carbocycles. The summed E-state index contributed by atoms with van der Waals surface area (Å²) in [5.74, 6) is 0.480. The van der Waals surface area contributed by atoms with Gasteiger partial charge >= 0.3 is 0 Å². The standard InChI is InChI=1S/C19H25N3O2S/c1-2-17(14-23-13-16-3-6-20-7-4-16)19(5-1)15-22(9-10-24-19)12-18-21-8-11-25-18/h3-4,6-8,11,17H,1-2,5,9-10,12-15H2/t17-,19+/m0/s1. The van der Waals surface area contributed by atoms with Crippen LogP contribution in [-0.2, 0) is 22.6 Å². The molecule has 3 heterocycles. The Morgan fingerprint density at radius 3 is 3.08 bits per heavy atom. The summed E-state index contributed by atoms with van der Waals surface area (Å²) < 4.78 is 12.4. The lowest BCUT2D eigenvalue weighted by atomic mass is 9.89. The fourth-order valence-electron chi connectivity index (χ4n) is 4.08. The van der Waals surface area contributed by atoms with Crippen molar-refractivity contribution in [3.05, 3.63) is 46.7 Å². The van der Waals surface area contributed by atoms with E-state index in [2.05, 4.69) is 20.2 Å². The fourth-order valence-corrected chi connectivity index (χ4v) is 4.74. The lowest BCUT2D eigenvalue weighted by Crippen LogP contribution is -2.54. The molecule has 134 valence electrons. The van der Waals surface area contributed by atoms with Gasteiger partial charge in [0.05, 0.1) is 32.0 Å². The van der Waals surface area contributed by atoms with E-state index < -0.39 is 0 Å². The summed E-state index contributed by atoms with van der Waals surface area (Å²) in [7, 11) is 0. The molecule has 0 unspecified atom stereocenters. The zero-order valence-electron chi connectivity index (χ0n) is 14.5. The van der Waals surface area contributed by atoms with E-state index in [1.807, 2.05) is 30.7 Å². The maximum absolute atomic E-state index is 6.34. The van der Waals surface area contributed by atoms with Gasteiger partial charge in [-0.2, -0.15) is 0 Å². The number of thiazole rings is 1. The Morgan fingerprint density at radius 2 is 2.24 bits per heavy atom. The van der Waals surface area contributed by atoms with Gasteiger partial charge in [0, 0.05) is 43.0 Å². The molecule has 0 amide bonds. The molecule has 2 aromatic heterocycles. The number of hydrogen-bond donors (Lipinski definition) is 0. The highest BCUT2D eigenvalue weighted by molar-refractivity contribution is 7.09. The van der Waals surface area contributed by atoms with Gasteiger partial charge in [0.15, 0.2) is 0 Å². The third kappa shape index (κ3) is 4.08. The molecule has 4 rings (SSSR count). The molecule has 2 fully saturated rings. The van der Waals surface area contributed by atoms with Crippen LogP contribution in [-0.4, -0.2) is 46.8 Å². The van der Waals surface area contributed by atoms with Gasteiger partial charge in [-0.25, -0.2) is 4.98 Å². The molecule has 2 aromatic rings.